The summed E-state index contributed by atoms with van der Waals surface area (Å²) in [4.78, 5) is 19.9. The van der Waals surface area contributed by atoms with Crippen molar-refractivity contribution in [3.63, 3.8) is 0 Å². The predicted octanol–water partition coefficient (Wildman–Crippen LogP) is 4.34. The third-order valence-corrected chi connectivity index (χ3v) is 5.99. The molecule has 0 saturated carbocycles. The van der Waals surface area contributed by atoms with Crippen LogP contribution in [0.25, 0.3) is 10.2 Å². The molecule has 2 aromatic heterocycles. The molecule has 4 rings (SSSR count). The molecule has 2 heterocycles. The number of benzene rings is 2. The molecule has 7 nitrogen and oxygen atoms in total. The summed E-state index contributed by atoms with van der Waals surface area (Å²) in [5.74, 6) is 0.288. The maximum atomic E-state index is 11.3. The van der Waals surface area contributed by atoms with Crippen molar-refractivity contribution in [2.45, 2.75) is 39.0 Å². The number of hydrogen-bond donors (Lipinski definition) is 1. The molecule has 0 spiro atoms. The van der Waals surface area contributed by atoms with Crippen LogP contribution in [0.4, 0.5) is 0 Å². The summed E-state index contributed by atoms with van der Waals surface area (Å²) in [7, 11) is 0. The molecule has 0 aliphatic rings. The Hall–Kier alpha value is -3.23. The molecule has 166 valence electrons. The third-order valence-electron chi connectivity index (χ3n) is 5.03. The van der Waals surface area contributed by atoms with Gasteiger partial charge in [-0.3, -0.25) is 4.79 Å². The molecule has 0 fully saturated rings. The number of aryl methyl sites for hydroxylation is 1. The molecule has 0 radical (unpaired) electrons. The van der Waals surface area contributed by atoms with Crippen molar-refractivity contribution in [1.29, 1.82) is 0 Å². The van der Waals surface area contributed by atoms with E-state index in [4.69, 9.17) is 15.2 Å². The van der Waals surface area contributed by atoms with Crippen molar-refractivity contribution in [3.05, 3.63) is 77.3 Å². The maximum Gasteiger partial charge on any atom is 0.268 e. The van der Waals surface area contributed by atoms with Gasteiger partial charge in [-0.25, -0.2) is 9.97 Å². The summed E-state index contributed by atoms with van der Waals surface area (Å²) in [6, 6.07) is 16.1. The Balaban J connectivity index is 1.33. The molecule has 1 unspecified atom stereocenters. The first-order valence-electron chi connectivity index (χ1n) is 10.5. The summed E-state index contributed by atoms with van der Waals surface area (Å²) < 4.78 is 15.1. The maximum absolute atomic E-state index is 11.3. The highest BCUT2D eigenvalue weighted by molar-refractivity contribution is 7.18. The van der Waals surface area contributed by atoms with Gasteiger partial charge in [-0.15, -0.1) is 11.3 Å². The molecule has 1 amide bonds. The highest BCUT2D eigenvalue weighted by Gasteiger charge is 2.13. The van der Waals surface area contributed by atoms with Gasteiger partial charge in [0.15, 0.2) is 0 Å². The molecule has 4 aromatic rings. The number of carbonyl (C=O) groups is 1. The molecule has 0 aliphatic heterocycles. The Morgan fingerprint density at radius 2 is 2.06 bits per heavy atom. The zero-order valence-electron chi connectivity index (χ0n) is 17.9. The Kier molecular flexibility index (Phi) is 7.14. The van der Waals surface area contributed by atoms with Gasteiger partial charge in [-0.05, 0) is 37.5 Å². The Bertz CT molecular complexity index is 1170. The molecule has 0 bridgehead atoms. The lowest BCUT2D eigenvalue weighted by atomic mass is 10.2. The van der Waals surface area contributed by atoms with Gasteiger partial charge < -0.3 is 19.8 Å². The number of ether oxygens (including phenoxy) is 2. The number of nitrogens with zero attached hydrogens (tertiary/aromatic N) is 3. The summed E-state index contributed by atoms with van der Waals surface area (Å²) >= 11 is 1.68. The first kappa shape index (κ1) is 22.0. The molecule has 32 heavy (non-hydrogen) atoms. The lowest BCUT2D eigenvalue weighted by Crippen LogP contribution is -2.21. The largest absolute Gasteiger partial charge is 0.494 e. The fraction of sp³-hybridized carbons (Fsp3) is 0.292. The fourth-order valence-corrected chi connectivity index (χ4v) is 4.26. The predicted molar refractivity (Wildman–Crippen MR) is 125 cm³/mol. The number of nitrogens with two attached hydrogens (primary N) is 1. The van der Waals surface area contributed by atoms with E-state index in [2.05, 4.69) is 16.0 Å². The lowest BCUT2D eigenvalue weighted by molar-refractivity contribution is 0.0203. The molecule has 2 aromatic carbocycles. The Morgan fingerprint density at radius 3 is 2.84 bits per heavy atom. The molecule has 0 saturated heterocycles. The number of imidazole rings is 1. The van der Waals surface area contributed by atoms with Crippen molar-refractivity contribution in [1.82, 2.24) is 14.5 Å². The first-order valence-corrected chi connectivity index (χ1v) is 11.4. The van der Waals surface area contributed by atoms with E-state index >= 15 is 0 Å². The molecular weight excluding hydrogens is 424 g/mol. The average Bonchev–Trinajstić information content (AvgIpc) is 3.41. The number of amides is 1. The zero-order chi connectivity index (χ0) is 22.3. The van der Waals surface area contributed by atoms with E-state index in [9.17, 15) is 4.79 Å². The standard InChI is InChI=1S/C24H26N4O3S/c1-17-27-21-12-19(9-10-23(21)32-17)30-11-5-8-20(31-15-18-6-3-2-4-7-18)13-28-14-22(24(25)29)26-16-28/h2-4,6-7,9-10,12,14,16,20H,5,8,11,13,15H2,1H3,(H2,25,29). The number of primary amides is 1. The number of fused-ring (bicyclic) bond motifs is 1. The highest BCUT2D eigenvalue weighted by atomic mass is 32.1. The SMILES string of the molecule is Cc1nc2cc(OCCCC(Cn3cnc(C(N)=O)c3)OCc3ccccc3)ccc2s1. The monoisotopic (exact) mass is 450 g/mol. The second-order valence-electron chi connectivity index (χ2n) is 7.59. The summed E-state index contributed by atoms with van der Waals surface area (Å²) in [5, 5.41) is 1.05. The first-order chi connectivity index (χ1) is 15.6. The summed E-state index contributed by atoms with van der Waals surface area (Å²) in [6.07, 6.45) is 4.83. The van der Waals surface area contributed by atoms with Gasteiger partial charge in [-0.2, -0.15) is 0 Å². The van der Waals surface area contributed by atoms with Gasteiger partial charge in [0.25, 0.3) is 5.91 Å². The molecule has 0 aliphatic carbocycles. The van der Waals surface area contributed by atoms with Crippen LogP contribution in [0.2, 0.25) is 0 Å². The third kappa shape index (κ3) is 5.93. The van der Waals surface area contributed by atoms with Gasteiger partial charge in [0, 0.05) is 18.8 Å². The van der Waals surface area contributed by atoms with E-state index < -0.39 is 5.91 Å². The second kappa shape index (κ2) is 10.4. The minimum absolute atomic E-state index is 0.0580. The number of aromatic nitrogens is 3. The van der Waals surface area contributed by atoms with Crippen molar-refractivity contribution >= 4 is 27.5 Å². The Morgan fingerprint density at radius 1 is 1.22 bits per heavy atom. The molecule has 1 atom stereocenters. The van der Waals surface area contributed by atoms with E-state index in [1.807, 2.05) is 54.0 Å². The van der Waals surface area contributed by atoms with Crippen molar-refractivity contribution in [2.75, 3.05) is 6.61 Å². The van der Waals surface area contributed by atoms with Gasteiger partial charge in [0.1, 0.15) is 11.4 Å². The van der Waals surface area contributed by atoms with E-state index in [-0.39, 0.29) is 11.8 Å². The summed E-state index contributed by atoms with van der Waals surface area (Å²) in [6.45, 7) is 3.69. The Labute approximate surface area is 190 Å². The fourth-order valence-electron chi connectivity index (χ4n) is 3.45. The minimum Gasteiger partial charge on any atom is -0.494 e. The highest BCUT2D eigenvalue weighted by Crippen LogP contribution is 2.25. The summed E-state index contributed by atoms with van der Waals surface area (Å²) in [5.41, 5.74) is 7.65. The van der Waals surface area contributed by atoms with Crippen LogP contribution in [0.5, 0.6) is 5.75 Å². The van der Waals surface area contributed by atoms with Crippen molar-refractivity contribution < 1.29 is 14.3 Å². The van der Waals surface area contributed by atoms with E-state index in [1.54, 1.807) is 23.9 Å². The number of carbonyl (C=O) groups excluding carboxylic acids is 1. The normalized spacial score (nSPS) is 12.2. The molecular formula is C24H26N4O3S. The lowest BCUT2D eigenvalue weighted by Gasteiger charge is -2.19. The smallest absolute Gasteiger partial charge is 0.268 e. The van der Waals surface area contributed by atoms with Crippen LogP contribution in [0.15, 0.2) is 61.1 Å². The van der Waals surface area contributed by atoms with E-state index in [0.29, 0.717) is 19.8 Å². The molecule has 2 N–H and O–H groups in total. The topological polar surface area (TPSA) is 92.3 Å². The quantitative estimate of drug-likeness (QED) is 0.343. The second-order valence-corrected chi connectivity index (χ2v) is 8.83. The van der Waals surface area contributed by atoms with Crippen LogP contribution in [-0.2, 0) is 17.9 Å². The van der Waals surface area contributed by atoms with Crippen LogP contribution in [0, 0.1) is 6.92 Å². The van der Waals surface area contributed by atoms with Gasteiger partial charge in [0.05, 0.1) is 40.9 Å². The van der Waals surface area contributed by atoms with Crippen LogP contribution < -0.4 is 10.5 Å². The van der Waals surface area contributed by atoms with Gasteiger partial charge >= 0.3 is 0 Å². The average molecular weight is 451 g/mol. The minimum atomic E-state index is -0.536. The van der Waals surface area contributed by atoms with Crippen LogP contribution >= 0.6 is 11.3 Å². The van der Waals surface area contributed by atoms with Crippen molar-refractivity contribution in [2.24, 2.45) is 5.73 Å². The number of rotatable bonds is 11. The van der Waals surface area contributed by atoms with Crippen LogP contribution in [-0.4, -0.2) is 33.2 Å². The number of hydrogen-bond acceptors (Lipinski definition) is 6. The van der Waals surface area contributed by atoms with Gasteiger partial charge in [0.2, 0.25) is 0 Å². The number of thiazole rings is 1. The van der Waals surface area contributed by atoms with E-state index in [1.165, 1.54) is 4.70 Å². The van der Waals surface area contributed by atoms with Crippen LogP contribution in [0.3, 0.4) is 0 Å². The van der Waals surface area contributed by atoms with Crippen LogP contribution in [0.1, 0.15) is 33.9 Å². The molecule has 8 heteroatoms. The van der Waals surface area contributed by atoms with Gasteiger partial charge in [-0.1, -0.05) is 30.3 Å². The zero-order valence-corrected chi connectivity index (χ0v) is 18.8. The van der Waals surface area contributed by atoms with Crippen molar-refractivity contribution in [3.8, 4) is 5.75 Å². The van der Waals surface area contributed by atoms with E-state index in [0.717, 1.165) is 34.7 Å².